The second kappa shape index (κ2) is 5.76. The lowest BCUT2D eigenvalue weighted by molar-refractivity contribution is 1.17. The van der Waals surface area contributed by atoms with E-state index in [0.29, 0.717) is 0 Å². The van der Waals surface area contributed by atoms with Crippen molar-refractivity contribution < 1.29 is 0 Å². The highest BCUT2D eigenvalue weighted by Gasteiger charge is 2.41. The first kappa shape index (κ1) is 18.3. The molecular formula is C32H22N2Si. The van der Waals surface area contributed by atoms with Gasteiger partial charge in [-0.3, -0.25) is 0 Å². The maximum Gasteiger partial charge on any atom is 0.267 e. The molecule has 2 nitrogen and oxygen atoms in total. The SMILES string of the molecule is C[Si]1(C)n2c3cc4ccccc4cc3c3c4ccccc4c4c5cc6ccccc6cc5n1c4c32. The molecule has 0 saturated heterocycles. The minimum Gasteiger partial charge on any atom is -0.348 e. The predicted molar refractivity (Wildman–Crippen MR) is 153 cm³/mol. The number of benzene rings is 6. The molecule has 1 aliphatic rings. The van der Waals surface area contributed by atoms with Crippen LogP contribution in [0.25, 0.3) is 75.9 Å². The molecular weight excluding hydrogens is 440 g/mol. The van der Waals surface area contributed by atoms with Crippen LogP contribution in [0.2, 0.25) is 13.1 Å². The van der Waals surface area contributed by atoms with E-state index in [2.05, 4.69) is 119 Å². The van der Waals surface area contributed by atoms with E-state index in [1.54, 1.807) is 0 Å². The fourth-order valence-electron chi connectivity index (χ4n) is 7.10. The molecule has 0 unspecified atom stereocenters. The minimum atomic E-state index is -2.11. The van der Waals surface area contributed by atoms with Crippen molar-refractivity contribution in [2.24, 2.45) is 0 Å². The van der Waals surface area contributed by atoms with Gasteiger partial charge in [-0.15, -0.1) is 0 Å². The Hall–Kier alpha value is -4.08. The molecule has 0 amide bonds. The van der Waals surface area contributed by atoms with Crippen molar-refractivity contribution >= 4 is 84.3 Å². The van der Waals surface area contributed by atoms with Crippen LogP contribution in [0.1, 0.15) is 0 Å². The van der Waals surface area contributed by atoms with E-state index in [1.807, 2.05) is 0 Å². The monoisotopic (exact) mass is 462 g/mol. The number of rotatable bonds is 0. The molecule has 35 heavy (non-hydrogen) atoms. The number of hydrogen-bond donors (Lipinski definition) is 0. The molecule has 0 atom stereocenters. The van der Waals surface area contributed by atoms with Crippen LogP contribution in [-0.2, 0) is 0 Å². The summed E-state index contributed by atoms with van der Waals surface area (Å²) in [6.45, 7) is 5.03. The molecule has 0 spiro atoms. The van der Waals surface area contributed by atoms with Gasteiger partial charge in [0.25, 0.3) is 8.40 Å². The molecule has 0 bridgehead atoms. The summed E-state index contributed by atoms with van der Waals surface area (Å²) < 4.78 is 5.49. The van der Waals surface area contributed by atoms with Gasteiger partial charge in [0.05, 0.1) is 11.0 Å². The van der Waals surface area contributed by atoms with E-state index in [-0.39, 0.29) is 0 Å². The third-order valence-electron chi connectivity index (χ3n) is 8.45. The van der Waals surface area contributed by atoms with Gasteiger partial charge in [0, 0.05) is 32.6 Å². The number of hydrogen-bond acceptors (Lipinski definition) is 0. The first-order valence-corrected chi connectivity index (χ1v) is 15.3. The number of fused-ring (bicyclic) bond motifs is 11. The zero-order valence-electron chi connectivity index (χ0n) is 19.6. The molecule has 6 aromatic carbocycles. The van der Waals surface area contributed by atoms with Crippen molar-refractivity contribution in [1.29, 1.82) is 0 Å². The fraction of sp³-hybridized carbons (Fsp3) is 0.0625. The predicted octanol–water partition coefficient (Wildman–Crippen LogP) is 8.77. The highest BCUT2D eigenvalue weighted by molar-refractivity contribution is 6.80. The lowest BCUT2D eigenvalue weighted by Gasteiger charge is -2.24. The van der Waals surface area contributed by atoms with E-state index >= 15 is 0 Å². The van der Waals surface area contributed by atoms with Crippen molar-refractivity contribution in [1.82, 2.24) is 8.47 Å². The Bertz CT molecular complexity index is 2090. The van der Waals surface area contributed by atoms with Gasteiger partial charge >= 0.3 is 0 Å². The number of aromatic nitrogens is 2. The molecule has 3 heterocycles. The Morgan fingerprint density at radius 3 is 1.26 bits per heavy atom. The summed E-state index contributed by atoms with van der Waals surface area (Å²) in [5.74, 6) is 0. The quantitative estimate of drug-likeness (QED) is 0.199. The summed E-state index contributed by atoms with van der Waals surface area (Å²) in [5.41, 5.74) is 5.62. The maximum absolute atomic E-state index is 2.74. The second-order valence-electron chi connectivity index (χ2n) is 10.6. The summed E-state index contributed by atoms with van der Waals surface area (Å²) in [6.07, 6.45) is 0. The molecule has 1 aliphatic heterocycles. The van der Waals surface area contributed by atoms with Gasteiger partial charge in [-0.05, 0) is 69.7 Å². The molecule has 0 aliphatic carbocycles. The van der Waals surface area contributed by atoms with Gasteiger partial charge in [-0.2, -0.15) is 0 Å². The Kier molecular flexibility index (Phi) is 3.01. The summed E-state index contributed by atoms with van der Waals surface area (Å²) in [7, 11) is -2.11. The molecule has 8 aromatic rings. The van der Waals surface area contributed by atoms with Gasteiger partial charge < -0.3 is 8.47 Å². The molecule has 0 N–H and O–H groups in total. The van der Waals surface area contributed by atoms with Crippen LogP contribution in [0.4, 0.5) is 0 Å². The van der Waals surface area contributed by atoms with Crippen LogP contribution in [0, 0.1) is 0 Å². The Balaban J connectivity index is 1.67. The van der Waals surface area contributed by atoms with Crippen molar-refractivity contribution in [2.45, 2.75) is 13.1 Å². The van der Waals surface area contributed by atoms with Crippen LogP contribution in [-0.4, -0.2) is 16.9 Å². The van der Waals surface area contributed by atoms with Crippen molar-refractivity contribution in [3.8, 4) is 0 Å². The smallest absolute Gasteiger partial charge is 0.267 e. The fourth-order valence-corrected chi connectivity index (χ4v) is 10.4. The first-order chi connectivity index (χ1) is 17.1. The average Bonchev–Trinajstić information content (AvgIpc) is 3.47. The van der Waals surface area contributed by atoms with Gasteiger partial charge in [-0.1, -0.05) is 72.8 Å². The Morgan fingerprint density at radius 1 is 0.457 bits per heavy atom. The zero-order valence-corrected chi connectivity index (χ0v) is 20.6. The molecule has 0 fully saturated rings. The summed E-state index contributed by atoms with van der Waals surface area (Å²) >= 11 is 0. The van der Waals surface area contributed by atoms with Crippen LogP contribution in [0.5, 0.6) is 0 Å². The molecule has 0 saturated carbocycles. The van der Waals surface area contributed by atoms with E-state index in [4.69, 9.17) is 0 Å². The molecule has 0 radical (unpaired) electrons. The van der Waals surface area contributed by atoms with Gasteiger partial charge in [-0.25, -0.2) is 0 Å². The molecule has 164 valence electrons. The molecule has 2 aromatic heterocycles. The third kappa shape index (κ3) is 1.97. The average molecular weight is 463 g/mol. The molecule has 9 rings (SSSR count). The van der Waals surface area contributed by atoms with Gasteiger partial charge in [0.15, 0.2) is 0 Å². The highest BCUT2D eigenvalue weighted by atomic mass is 28.3. The van der Waals surface area contributed by atoms with Crippen LogP contribution >= 0.6 is 0 Å². The van der Waals surface area contributed by atoms with Crippen molar-refractivity contribution in [2.75, 3.05) is 0 Å². The van der Waals surface area contributed by atoms with E-state index in [9.17, 15) is 0 Å². The Morgan fingerprint density at radius 2 is 0.829 bits per heavy atom. The zero-order chi connectivity index (χ0) is 23.1. The van der Waals surface area contributed by atoms with Crippen LogP contribution in [0.3, 0.4) is 0 Å². The Labute approximate surface area is 202 Å². The van der Waals surface area contributed by atoms with Crippen LogP contribution in [0.15, 0.2) is 97.1 Å². The second-order valence-corrected chi connectivity index (χ2v) is 14.5. The standard InChI is InChI=1S/C32H22N2Si/c1-35(2)33-27-17-21-11-5-3-9-19(21)15-25(27)29-23-13-7-8-14-24(23)30-26-16-20-10-4-6-12-22(20)18-28(26)34(35)32(30)31(29)33/h3-18H,1-2H3. The van der Waals surface area contributed by atoms with E-state index < -0.39 is 8.40 Å². The lowest BCUT2D eigenvalue weighted by Crippen LogP contribution is -2.41. The van der Waals surface area contributed by atoms with Crippen LogP contribution < -0.4 is 0 Å². The van der Waals surface area contributed by atoms with E-state index in [0.717, 1.165) is 0 Å². The normalized spacial score (nSPS) is 14.8. The maximum atomic E-state index is 2.74. The topological polar surface area (TPSA) is 9.86 Å². The summed E-state index contributed by atoms with van der Waals surface area (Å²) in [6, 6.07) is 36.4. The highest BCUT2D eigenvalue weighted by Crippen LogP contribution is 2.51. The largest absolute Gasteiger partial charge is 0.348 e. The van der Waals surface area contributed by atoms with Gasteiger partial charge in [0.1, 0.15) is 0 Å². The third-order valence-corrected chi connectivity index (χ3v) is 11.6. The van der Waals surface area contributed by atoms with E-state index in [1.165, 1.54) is 75.9 Å². The summed E-state index contributed by atoms with van der Waals surface area (Å²) in [5, 5.41) is 13.6. The van der Waals surface area contributed by atoms with Crippen molar-refractivity contribution in [3.63, 3.8) is 0 Å². The first-order valence-electron chi connectivity index (χ1n) is 12.4. The molecule has 3 heteroatoms. The minimum absolute atomic E-state index is 1.31. The lowest BCUT2D eigenvalue weighted by atomic mass is 9.97. The van der Waals surface area contributed by atoms with Crippen molar-refractivity contribution in [3.05, 3.63) is 97.1 Å². The van der Waals surface area contributed by atoms with Gasteiger partial charge in [0.2, 0.25) is 0 Å². The summed E-state index contributed by atoms with van der Waals surface area (Å²) in [4.78, 5) is 0. The number of nitrogens with zero attached hydrogens (tertiary/aromatic N) is 2.